The van der Waals surface area contributed by atoms with Gasteiger partial charge in [0.15, 0.2) is 0 Å². The molecule has 154 valence electrons. The first-order valence-corrected chi connectivity index (χ1v) is 9.93. The van der Waals surface area contributed by atoms with Gasteiger partial charge in [-0.1, -0.05) is 41.4 Å². The summed E-state index contributed by atoms with van der Waals surface area (Å²) in [6.07, 6.45) is 0.907. The molecule has 0 amide bonds. The average molecular weight is 436 g/mol. The largest absolute Gasteiger partial charge is 0.496 e. The molecule has 1 atom stereocenters. The molecule has 0 spiro atoms. The predicted molar refractivity (Wildman–Crippen MR) is 114 cm³/mol. The van der Waals surface area contributed by atoms with Gasteiger partial charge in [-0.25, -0.2) is 0 Å². The third kappa shape index (κ3) is 6.41. The molecule has 29 heavy (non-hydrogen) atoms. The fraction of sp³-hybridized carbons (Fsp3) is 0.273. The Bertz CT molecular complexity index is 902. The van der Waals surface area contributed by atoms with Gasteiger partial charge >= 0.3 is 0 Å². The quantitative estimate of drug-likeness (QED) is 0.483. The maximum atomic E-state index is 10.6. The molecule has 1 heterocycles. The summed E-state index contributed by atoms with van der Waals surface area (Å²) in [4.78, 5) is 2.08. The molecular weight excluding hydrogens is 413 g/mol. The lowest BCUT2D eigenvalue weighted by molar-refractivity contribution is 0.0602. The zero-order valence-corrected chi connectivity index (χ0v) is 17.6. The van der Waals surface area contributed by atoms with Crippen LogP contribution in [0.4, 0.5) is 0 Å². The van der Waals surface area contributed by atoms with Crippen LogP contribution in [-0.2, 0) is 13.1 Å². The Morgan fingerprint density at radius 3 is 2.59 bits per heavy atom. The minimum Gasteiger partial charge on any atom is -0.496 e. The number of methoxy groups -OCH3 is 1. The van der Waals surface area contributed by atoms with E-state index in [9.17, 15) is 5.11 Å². The fourth-order valence-electron chi connectivity index (χ4n) is 3.01. The van der Waals surface area contributed by atoms with Crippen LogP contribution in [0.25, 0.3) is 0 Å². The first kappa shape index (κ1) is 21.5. The summed E-state index contributed by atoms with van der Waals surface area (Å²) in [6, 6.07) is 16.6. The lowest BCUT2D eigenvalue weighted by Crippen LogP contribution is -2.35. The molecule has 0 aliphatic heterocycles. The van der Waals surface area contributed by atoms with E-state index in [1.54, 1.807) is 31.6 Å². The van der Waals surface area contributed by atoms with Crippen LogP contribution in [0.15, 0.2) is 65.3 Å². The van der Waals surface area contributed by atoms with Crippen LogP contribution in [0.2, 0.25) is 10.0 Å². The monoisotopic (exact) mass is 435 g/mol. The Morgan fingerprint density at radius 1 is 1.03 bits per heavy atom. The number of hydrogen-bond acceptors (Lipinski definition) is 5. The van der Waals surface area contributed by atoms with Gasteiger partial charge in [0.1, 0.15) is 30.0 Å². The van der Waals surface area contributed by atoms with E-state index in [0.717, 1.165) is 17.1 Å². The van der Waals surface area contributed by atoms with E-state index in [1.165, 1.54) is 0 Å². The van der Waals surface area contributed by atoms with Crippen LogP contribution in [0.3, 0.4) is 0 Å². The predicted octanol–water partition coefficient (Wildman–Crippen LogP) is 5.04. The fourth-order valence-corrected chi connectivity index (χ4v) is 3.47. The molecule has 0 saturated carbocycles. The average Bonchev–Trinajstić information content (AvgIpc) is 3.20. The molecule has 1 N–H and O–H groups in total. The highest BCUT2D eigenvalue weighted by molar-refractivity contribution is 6.35. The van der Waals surface area contributed by atoms with E-state index in [4.69, 9.17) is 37.1 Å². The van der Waals surface area contributed by atoms with Crippen LogP contribution in [0.1, 0.15) is 11.3 Å². The van der Waals surface area contributed by atoms with E-state index in [1.807, 2.05) is 36.4 Å². The van der Waals surface area contributed by atoms with E-state index < -0.39 is 6.10 Å². The number of hydrogen-bond donors (Lipinski definition) is 1. The topological polar surface area (TPSA) is 55.1 Å². The second-order valence-electron chi connectivity index (χ2n) is 6.60. The molecule has 0 aliphatic carbocycles. The minimum absolute atomic E-state index is 0.0991. The van der Waals surface area contributed by atoms with Gasteiger partial charge in [0.25, 0.3) is 0 Å². The van der Waals surface area contributed by atoms with Crippen molar-refractivity contribution in [3.05, 3.63) is 82.2 Å². The molecule has 1 unspecified atom stereocenters. The lowest BCUT2D eigenvalue weighted by atomic mass is 10.1. The van der Waals surface area contributed by atoms with Gasteiger partial charge in [-0.3, -0.25) is 4.90 Å². The number of aliphatic hydroxyl groups excluding tert-OH is 1. The van der Waals surface area contributed by atoms with Crippen molar-refractivity contribution in [1.82, 2.24) is 4.90 Å². The maximum Gasteiger partial charge on any atom is 0.138 e. The number of nitrogens with zero attached hydrogens (tertiary/aromatic N) is 1. The Labute approximate surface area is 180 Å². The molecule has 5 nitrogen and oxygen atoms in total. The highest BCUT2D eigenvalue weighted by atomic mass is 35.5. The normalized spacial score (nSPS) is 12.2. The Balaban J connectivity index is 1.65. The minimum atomic E-state index is -0.730. The number of furan rings is 1. The number of aliphatic hydroxyl groups is 1. The van der Waals surface area contributed by atoms with Crippen molar-refractivity contribution in [2.45, 2.75) is 19.2 Å². The van der Waals surface area contributed by atoms with Crippen molar-refractivity contribution in [3.63, 3.8) is 0 Å². The summed E-state index contributed by atoms with van der Waals surface area (Å²) in [5, 5.41) is 11.5. The Hall–Kier alpha value is -2.18. The molecule has 3 aromatic rings. The van der Waals surface area contributed by atoms with Gasteiger partial charge in [-0.05, 0) is 36.4 Å². The number of ether oxygens (including phenoxy) is 2. The molecule has 0 radical (unpaired) electrons. The summed E-state index contributed by atoms with van der Waals surface area (Å²) in [5.41, 5.74) is 1.02. The second kappa shape index (κ2) is 10.6. The van der Waals surface area contributed by atoms with Gasteiger partial charge < -0.3 is 19.0 Å². The van der Waals surface area contributed by atoms with Crippen LogP contribution >= 0.6 is 23.2 Å². The van der Waals surface area contributed by atoms with Crippen LogP contribution in [-0.4, -0.2) is 36.4 Å². The van der Waals surface area contributed by atoms with Crippen molar-refractivity contribution in [2.24, 2.45) is 0 Å². The summed E-state index contributed by atoms with van der Waals surface area (Å²) in [5.74, 6) is 2.10. The van der Waals surface area contributed by atoms with Crippen LogP contribution in [0, 0.1) is 0 Å². The maximum absolute atomic E-state index is 10.6. The van der Waals surface area contributed by atoms with Crippen molar-refractivity contribution >= 4 is 23.2 Å². The summed E-state index contributed by atoms with van der Waals surface area (Å²) in [7, 11) is 1.65. The molecule has 3 rings (SSSR count). The van der Waals surface area contributed by atoms with Gasteiger partial charge in [-0.2, -0.15) is 0 Å². The van der Waals surface area contributed by atoms with Gasteiger partial charge in [0, 0.05) is 23.7 Å². The molecule has 1 aromatic heterocycles. The number of para-hydroxylation sites is 1. The number of benzene rings is 2. The molecule has 0 bridgehead atoms. The highest BCUT2D eigenvalue weighted by Gasteiger charge is 2.17. The molecular formula is C22H23Cl2NO4. The summed E-state index contributed by atoms with van der Waals surface area (Å²) in [6.45, 7) is 1.61. The molecule has 7 heteroatoms. The summed E-state index contributed by atoms with van der Waals surface area (Å²) < 4.78 is 16.6. The van der Waals surface area contributed by atoms with Gasteiger partial charge in [0.2, 0.25) is 0 Å². The molecule has 0 fully saturated rings. The van der Waals surface area contributed by atoms with E-state index in [-0.39, 0.29) is 6.61 Å². The van der Waals surface area contributed by atoms with Crippen LogP contribution < -0.4 is 9.47 Å². The van der Waals surface area contributed by atoms with Gasteiger partial charge in [0.05, 0.1) is 24.9 Å². The van der Waals surface area contributed by atoms with Crippen molar-refractivity contribution in [2.75, 3.05) is 20.3 Å². The first-order chi connectivity index (χ1) is 14.0. The second-order valence-corrected chi connectivity index (χ2v) is 7.44. The van der Waals surface area contributed by atoms with Crippen molar-refractivity contribution in [3.8, 4) is 11.5 Å². The Kier molecular flexibility index (Phi) is 7.83. The zero-order valence-electron chi connectivity index (χ0n) is 16.1. The lowest BCUT2D eigenvalue weighted by Gasteiger charge is -2.25. The van der Waals surface area contributed by atoms with E-state index in [0.29, 0.717) is 35.4 Å². The van der Waals surface area contributed by atoms with E-state index in [2.05, 4.69) is 4.90 Å². The van der Waals surface area contributed by atoms with Crippen molar-refractivity contribution in [1.29, 1.82) is 0 Å². The number of rotatable bonds is 10. The Morgan fingerprint density at radius 2 is 1.86 bits per heavy atom. The molecule has 0 saturated heterocycles. The third-order valence-electron chi connectivity index (χ3n) is 4.34. The smallest absolute Gasteiger partial charge is 0.138 e. The molecule has 2 aromatic carbocycles. The zero-order chi connectivity index (χ0) is 20.6. The SMILES string of the molecule is COc1ccccc1CN(Cc1ccco1)CC(O)COc1ccc(Cl)cc1Cl. The van der Waals surface area contributed by atoms with E-state index >= 15 is 0 Å². The molecule has 0 aliphatic rings. The van der Waals surface area contributed by atoms with Crippen molar-refractivity contribution < 1.29 is 19.0 Å². The number of halogens is 2. The third-order valence-corrected chi connectivity index (χ3v) is 4.87. The highest BCUT2D eigenvalue weighted by Crippen LogP contribution is 2.27. The standard InChI is InChI=1S/C22H23Cl2NO4/c1-27-21-7-3-2-5-16(21)12-25(14-19-6-4-10-28-19)13-18(26)15-29-22-9-8-17(23)11-20(22)24/h2-11,18,26H,12-15H2,1H3. The summed E-state index contributed by atoms with van der Waals surface area (Å²) >= 11 is 12.0. The van der Waals surface area contributed by atoms with Crippen LogP contribution in [0.5, 0.6) is 11.5 Å². The van der Waals surface area contributed by atoms with Gasteiger partial charge in [-0.15, -0.1) is 0 Å². The first-order valence-electron chi connectivity index (χ1n) is 9.17.